The van der Waals surface area contributed by atoms with E-state index in [4.69, 9.17) is 28.7 Å². The lowest BCUT2D eigenvalue weighted by atomic mass is 9.47. The van der Waals surface area contributed by atoms with Crippen molar-refractivity contribution in [1.82, 2.24) is 19.4 Å². The number of ketones is 1. The predicted octanol–water partition coefficient (Wildman–Crippen LogP) is 8.87. The van der Waals surface area contributed by atoms with Gasteiger partial charge in [0.25, 0.3) is 0 Å². The number of nitrogens with zero attached hydrogens (tertiary/aromatic N) is 4. The summed E-state index contributed by atoms with van der Waals surface area (Å²) in [6.45, 7) is 21.8. The van der Waals surface area contributed by atoms with Crippen LogP contribution in [0.2, 0.25) is 0 Å². The van der Waals surface area contributed by atoms with Crippen molar-refractivity contribution in [3.63, 3.8) is 0 Å². The van der Waals surface area contributed by atoms with Gasteiger partial charge in [0.05, 0.1) is 46.6 Å². The number of imidazole rings is 1. The quantitative estimate of drug-likeness (QED) is 0.107. The van der Waals surface area contributed by atoms with Crippen LogP contribution in [0.1, 0.15) is 104 Å². The molecule has 1 N–H and O–H groups in total. The topological polar surface area (TPSA) is 117 Å². The molecule has 5 aliphatic heterocycles. The first kappa shape index (κ1) is 43.7. The minimum Gasteiger partial charge on any atom is -0.491 e. The number of rotatable bonds is 12. The summed E-state index contributed by atoms with van der Waals surface area (Å²) in [6.07, 6.45) is 13.6. The molecule has 0 radical (unpaired) electrons. The molecule has 12 nitrogen and oxygen atoms in total. The van der Waals surface area contributed by atoms with E-state index in [1.807, 2.05) is 24.3 Å². The van der Waals surface area contributed by atoms with E-state index in [0.717, 1.165) is 95.9 Å². The number of allylic oxidation sites excluding steroid dienone is 4. The van der Waals surface area contributed by atoms with Crippen molar-refractivity contribution in [2.45, 2.75) is 116 Å². The van der Waals surface area contributed by atoms with Gasteiger partial charge in [-0.05, 0) is 112 Å². The number of Topliss-reactive ketones (excluding diaryl/α,β-unsaturated/α-hetero) is 1. The number of carbonyl (C=O) groups is 2. The van der Waals surface area contributed by atoms with Gasteiger partial charge in [-0.1, -0.05) is 41.5 Å². The van der Waals surface area contributed by atoms with Crippen LogP contribution >= 0.6 is 0 Å². The second kappa shape index (κ2) is 15.7. The Balaban J connectivity index is 1.25. The Hall–Kier alpha value is -5.17. The molecule has 1 aromatic heterocycles. The Morgan fingerprint density at radius 2 is 1.74 bits per heavy atom. The fourth-order valence-corrected chi connectivity index (χ4v) is 12.1. The minimum absolute atomic E-state index is 0.0195. The van der Waals surface area contributed by atoms with Crippen LogP contribution in [0.4, 0.5) is 5.95 Å². The van der Waals surface area contributed by atoms with E-state index in [0.29, 0.717) is 42.5 Å². The molecule has 1 spiro atoms. The van der Waals surface area contributed by atoms with Crippen LogP contribution in [0, 0.1) is 11.8 Å². The van der Waals surface area contributed by atoms with Crippen LogP contribution in [0.25, 0.3) is 22.8 Å². The van der Waals surface area contributed by atoms with Crippen LogP contribution in [0.15, 0.2) is 70.9 Å². The number of benzene rings is 2. The molecule has 8 aliphatic rings. The molecule has 3 aliphatic carbocycles. The highest BCUT2D eigenvalue weighted by atomic mass is 16.6. The largest absolute Gasteiger partial charge is 0.491 e. The Kier molecular flexibility index (Phi) is 10.6. The maximum absolute atomic E-state index is 15.9. The fourth-order valence-electron chi connectivity index (χ4n) is 12.1. The summed E-state index contributed by atoms with van der Waals surface area (Å²) in [5, 5.41) is 3.92. The van der Waals surface area contributed by atoms with Gasteiger partial charge in [0.1, 0.15) is 29.5 Å². The van der Waals surface area contributed by atoms with Crippen molar-refractivity contribution in [1.29, 1.82) is 0 Å². The Labute approximate surface area is 383 Å². The minimum atomic E-state index is -1.48. The molecular weight excluding hydrogens is 819 g/mol. The number of hydrogen-bond acceptors (Lipinski definition) is 11. The first-order chi connectivity index (χ1) is 31.0. The number of aromatic nitrogens is 2. The number of anilines is 1. The van der Waals surface area contributed by atoms with Crippen molar-refractivity contribution in [3.8, 4) is 17.2 Å². The molecule has 4 bridgehead atoms. The Morgan fingerprint density at radius 1 is 0.985 bits per heavy atom. The number of carbonyl (C=O) groups excluding carboxylic acids is 2. The van der Waals surface area contributed by atoms with E-state index in [9.17, 15) is 4.79 Å². The highest BCUT2D eigenvalue weighted by Crippen LogP contribution is 2.74. The van der Waals surface area contributed by atoms with Crippen molar-refractivity contribution in [2.24, 2.45) is 11.8 Å². The monoisotopic (exact) mass is 883 g/mol. The number of hydrogen-bond donors (Lipinski definition) is 1. The number of likely N-dealkylation sites (N-methyl/N-ethyl adjacent to an activating group) is 1. The zero-order valence-corrected chi connectivity index (χ0v) is 39.9. The first-order valence-corrected chi connectivity index (χ1v) is 23.6. The van der Waals surface area contributed by atoms with Crippen molar-refractivity contribution >= 4 is 40.5 Å². The number of piperazine rings is 1. The van der Waals surface area contributed by atoms with Gasteiger partial charge in [-0.15, -0.1) is 0 Å². The molecule has 6 unspecified atom stereocenters. The van der Waals surface area contributed by atoms with E-state index >= 15 is 4.79 Å². The van der Waals surface area contributed by atoms with Gasteiger partial charge >= 0.3 is 5.97 Å². The third-order valence-electron chi connectivity index (χ3n) is 15.4. The summed E-state index contributed by atoms with van der Waals surface area (Å²) in [5.41, 5.74) is 4.88. The smallest absolute Gasteiger partial charge is 0.333 e. The summed E-state index contributed by atoms with van der Waals surface area (Å²) in [7, 11) is 3.55. The second-order valence-corrected chi connectivity index (χ2v) is 20.7. The third kappa shape index (κ3) is 6.67. The molecule has 12 heteroatoms. The molecule has 11 rings (SSSR count). The van der Waals surface area contributed by atoms with Crippen molar-refractivity contribution < 1.29 is 33.3 Å². The number of fused-ring (bicyclic) bond motifs is 6. The van der Waals surface area contributed by atoms with E-state index in [-0.39, 0.29) is 18.1 Å². The molecule has 65 heavy (non-hydrogen) atoms. The van der Waals surface area contributed by atoms with Crippen LogP contribution < -0.4 is 19.5 Å². The van der Waals surface area contributed by atoms with Gasteiger partial charge in [0.2, 0.25) is 5.95 Å². The van der Waals surface area contributed by atoms with Gasteiger partial charge < -0.3 is 38.5 Å². The zero-order valence-electron chi connectivity index (χ0n) is 39.9. The number of para-hydroxylation sites is 2. The Bertz CT molecular complexity index is 2650. The summed E-state index contributed by atoms with van der Waals surface area (Å²) in [5.74, 6) is 1.56. The predicted molar refractivity (Wildman–Crippen MR) is 253 cm³/mol. The maximum atomic E-state index is 15.9. The molecule has 3 aromatic rings. The number of ether oxygens (including phenoxy) is 5. The van der Waals surface area contributed by atoms with E-state index in [1.165, 1.54) is 12.7 Å². The standard InChI is InChI=1S/C53H65N5O7/c1-31(2)14-13-21-51(8)22-20-35-44(63-51)34(18-17-32(3)4)46-40(45(35)62-29-28-57-26-24-56(9)25-27-57)42-41-43(58-38-16-12-11-15-37(38)54-49(58)55-42)36-30-39-50(6,7)65-52(47(36)59,53(39,41)64-46)23-19-33(5)48(60)61-10/h11-12,14-17,19-20,22,36,39,43H,13,18,21,23-30H2,1-10H3,(H,54,55)/b33-19-. The summed E-state index contributed by atoms with van der Waals surface area (Å²) >= 11 is 0. The van der Waals surface area contributed by atoms with E-state index < -0.39 is 40.3 Å². The van der Waals surface area contributed by atoms with E-state index in [1.54, 1.807) is 6.92 Å². The van der Waals surface area contributed by atoms with E-state index in [2.05, 4.69) is 106 Å². The molecule has 0 amide bonds. The molecule has 344 valence electrons. The summed E-state index contributed by atoms with van der Waals surface area (Å²) < 4.78 is 37.3. The molecule has 6 heterocycles. The van der Waals surface area contributed by atoms with Crippen LogP contribution in [0.5, 0.6) is 17.2 Å². The van der Waals surface area contributed by atoms with Crippen LogP contribution in [0.3, 0.4) is 0 Å². The molecule has 2 aromatic carbocycles. The van der Waals surface area contributed by atoms with Crippen LogP contribution in [-0.4, -0.2) is 107 Å². The zero-order chi connectivity index (χ0) is 45.8. The summed E-state index contributed by atoms with van der Waals surface area (Å²) in [4.78, 5) is 38.9. The van der Waals surface area contributed by atoms with Crippen molar-refractivity contribution in [3.05, 3.63) is 87.6 Å². The normalized spacial score (nSPS) is 29.2. The van der Waals surface area contributed by atoms with Gasteiger partial charge in [-0.25, -0.2) is 9.78 Å². The van der Waals surface area contributed by atoms with Gasteiger partial charge in [0.15, 0.2) is 17.0 Å². The van der Waals surface area contributed by atoms with Gasteiger partial charge in [-0.2, -0.15) is 0 Å². The average molecular weight is 884 g/mol. The molecular formula is C53H65N5O7. The highest BCUT2D eigenvalue weighted by Gasteiger charge is 2.84. The lowest BCUT2D eigenvalue weighted by Gasteiger charge is -2.62. The third-order valence-corrected chi connectivity index (χ3v) is 15.4. The second-order valence-electron chi connectivity index (χ2n) is 20.7. The lowest BCUT2D eigenvalue weighted by Crippen LogP contribution is -2.75. The number of esters is 1. The van der Waals surface area contributed by atoms with Gasteiger partial charge in [0, 0.05) is 67.7 Å². The molecule has 3 saturated carbocycles. The number of methoxy groups -OCH3 is 1. The molecule has 2 saturated heterocycles. The maximum Gasteiger partial charge on any atom is 0.333 e. The fraction of sp³-hybridized carbons (Fsp3) is 0.528. The SMILES string of the molecule is COC(=O)/C(C)=C\CC12OC(C)(C)C3CC(C1=O)C1C4=C(Nc5nc6ccccc6n51)c1c(OCCN5CCN(C)CC5)c5c(c(CC=C(C)C)c1OC432)OC(C)(CCC=C(C)C)C=C5. The van der Waals surface area contributed by atoms with Gasteiger partial charge in [-0.3, -0.25) is 9.69 Å². The average Bonchev–Trinajstić information content (AvgIpc) is 3.71. The van der Waals surface area contributed by atoms with Crippen LogP contribution in [-0.2, 0) is 25.5 Å². The molecule has 6 atom stereocenters. The molecule has 5 fully saturated rings. The van der Waals surface area contributed by atoms with Crippen molar-refractivity contribution in [2.75, 3.05) is 58.8 Å². The number of nitrogens with one attached hydrogen (secondary N) is 1. The lowest BCUT2D eigenvalue weighted by molar-refractivity contribution is -0.181. The highest BCUT2D eigenvalue weighted by molar-refractivity contribution is 6.03. The summed E-state index contributed by atoms with van der Waals surface area (Å²) in [6, 6.07) is 7.73. The first-order valence-electron chi connectivity index (χ1n) is 23.6. The Morgan fingerprint density at radius 3 is 2.48 bits per heavy atom.